The van der Waals surface area contributed by atoms with Crippen LogP contribution in [0.5, 0.6) is 5.75 Å². The molecule has 152 valence electrons. The van der Waals surface area contributed by atoms with Crippen LogP contribution in [0.4, 0.5) is 0 Å². The standard InChI is InChI=1S/C21H29N3O4/c1-15-19(16(2)28-24-15)12-27-18-6-4-5-17(11-18)20(25)23-13-21(14-26-3)7-9-22-10-8-21/h4-6,11,22H,7-10,12-14H2,1-3H3,(H,23,25). The van der Waals surface area contributed by atoms with Gasteiger partial charge in [-0.1, -0.05) is 11.2 Å². The monoisotopic (exact) mass is 387 g/mol. The summed E-state index contributed by atoms with van der Waals surface area (Å²) < 4.78 is 16.4. The Morgan fingerprint density at radius 2 is 2.11 bits per heavy atom. The minimum Gasteiger partial charge on any atom is -0.489 e. The van der Waals surface area contributed by atoms with Gasteiger partial charge >= 0.3 is 0 Å². The van der Waals surface area contributed by atoms with Gasteiger partial charge in [0.15, 0.2) is 0 Å². The van der Waals surface area contributed by atoms with Crippen LogP contribution in [0.15, 0.2) is 28.8 Å². The Morgan fingerprint density at radius 3 is 2.79 bits per heavy atom. The molecule has 3 rings (SSSR count). The number of hydrogen-bond acceptors (Lipinski definition) is 6. The van der Waals surface area contributed by atoms with Crippen molar-refractivity contribution in [1.29, 1.82) is 0 Å². The van der Waals surface area contributed by atoms with Crippen LogP contribution in [-0.2, 0) is 11.3 Å². The van der Waals surface area contributed by atoms with Gasteiger partial charge in [0, 0.05) is 24.6 Å². The van der Waals surface area contributed by atoms with Crippen molar-refractivity contribution in [3.63, 3.8) is 0 Å². The predicted molar refractivity (Wildman–Crippen MR) is 105 cm³/mol. The fraction of sp³-hybridized carbons (Fsp3) is 0.524. The Balaban J connectivity index is 1.60. The van der Waals surface area contributed by atoms with Crippen LogP contribution in [0.3, 0.4) is 0 Å². The molecule has 0 bridgehead atoms. The van der Waals surface area contributed by atoms with E-state index < -0.39 is 0 Å². The zero-order chi connectivity index (χ0) is 20.0. The molecule has 7 heteroatoms. The Labute approximate surface area is 165 Å². The van der Waals surface area contributed by atoms with Gasteiger partial charge in [-0.3, -0.25) is 4.79 Å². The van der Waals surface area contributed by atoms with Crippen molar-refractivity contribution in [1.82, 2.24) is 15.8 Å². The van der Waals surface area contributed by atoms with E-state index in [1.165, 1.54) is 0 Å². The number of amides is 1. The van der Waals surface area contributed by atoms with Gasteiger partial charge in [-0.2, -0.15) is 0 Å². The van der Waals surface area contributed by atoms with E-state index in [2.05, 4.69) is 15.8 Å². The van der Waals surface area contributed by atoms with Crippen LogP contribution in [0.25, 0.3) is 0 Å². The highest BCUT2D eigenvalue weighted by molar-refractivity contribution is 5.94. The first-order valence-electron chi connectivity index (χ1n) is 9.65. The van der Waals surface area contributed by atoms with Crippen molar-refractivity contribution >= 4 is 5.91 Å². The summed E-state index contributed by atoms with van der Waals surface area (Å²) in [5.41, 5.74) is 2.32. The zero-order valence-electron chi connectivity index (χ0n) is 16.8. The first-order valence-corrected chi connectivity index (χ1v) is 9.65. The Bertz CT molecular complexity index is 772. The molecule has 28 heavy (non-hydrogen) atoms. The normalized spacial score (nSPS) is 16.0. The van der Waals surface area contributed by atoms with Crippen molar-refractivity contribution in [2.75, 3.05) is 33.4 Å². The molecule has 2 N–H and O–H groups in total. The second kappa shape index (κ2) is 9.21. The molecule has 0 radical (unpaired) electrons. The molecule has 0 aliphatic carbocycles. The maximum atomic E-state index is 12.7. The van der Waals surface area contributed by atoms with Crippen LogP contribution in [0.2, 0.25) is 0 Å². The third kappa shape index (κ3) is 4.91. The summed E-state index contributed by atoms with van der Waals surface area (Å²) in [6.07, 6.45) is 1.98. The number of carbonyl (C=O) groups excluding carboxylic acids is 1. The summed E-state index contributed by atoms with van der Waals surface area (Å²) >= 11 is 0. The number of piperidine rings is 1. The zero-order valence-corrected chi connectivity index (χ0v) is 16.8. The minimum absolute atomic E-state index is 0.00684. The Morgan fingerprint density at radius 1 is 1.32 bits per heavy atom. The first kappa shape index (κ1) is 20.4. The lowest BCUT2D eigenvalue weighted by Gasteiger charge is -2.37. The first-order chi connectivity index (χ1) is 13.5. The van der Waals surface area contributed by atoms with E-state index in [1.54, 1.807) is 19.2 Å². The number of nitrogens with zero attached hydrogens (tertiary/aromatic N) is 1. The molecule has 1 aromatic carbocycles. The van der Waals surface area contributed by atoms with Crippen LogP contribution in [0, 0.1) is 19.3 Å². The Kier molecular flexibility index (Phi) is 6.70. The lowest BCUT2D eigenvalue weighted by atomic mass is 9.79. The van der Waals surface area contributed by atoms with Gasteiger partial charge in [-0.15, -0.1) is 0 Å². The molecule has 7 nitrogen and oxygen atoms in total. The van der Waals surface area contributed by atoms with Gasteiger partial charge in [0.1, 0.15) is 18.1 Å². The molecular weight excluding hydrogens is 358 g/mol. The van der Waals surface area contributed by atoms with Gasteiger partial charge in [0.25, 0.3) is 5.91 Å². The summed E-state index contributed by atoms with van der Waals surface area (Å²) in [5, 5.41) is 10.4. The summed E-state index contributed by atoms with van der Waals surface area (Å²) in [5.74, 6) is 1.29. The lowest BCUT2D eigenvalue weighted by Crippen LogP contribution is -2.47. The molecule has 0 unspecified atom stereocenters. The van der Waals surface area contributed by atoms with Crippen molar-refractivity contribution < 1.29 is 18.8 Å². The molecule has 1 aromatic heterocycles. The van der Waals surface area contributed by atoms with Crippen LogP contribution in [0.1, 0.15) is 40.2 Å². The van der Waals surface area contributed by atoms with E-state index in [0.29, 0.717) is 31.1 Å². The van der Waals surface area contributed by atoms with Crippen molar-refractivity contribution in [3.05, 3.63) is 46.8 Å². The molecular formula is C21H29N3O4. The number of carbonyl (C=O) groups is 1. The summed E-state index contributed by atoms with van der Waals surface area (Å²) in [6, 6.07) is 7.23. The number of rotatable bonds is 8. The fourth-order valence-electron chi connectivity index (χ4n) is 3.60. The Hall–Kier alpha value is -2.38. The van der Waals surface area contributed by atoms with Gasteiger partial charge in [-0.05, 0) is 58.0 Å². The number of ether oxygens (including phenoxy) is 2. The molecule has 1 aliphatic rings. The van der Waals surface area contributed by atoms with Gasteiger partial charge in [0.2, 0.25) is 0 Å². The maximum Gasteiger partial charge on any atom is 0.251 e. The number of methoxy groups -OCH3 is 1. The fourth-order valence-corrected chi connectivity index (χ4v) is 3.60. The van der Waals surface area contributed by atoms with E-state index in [1.807, 2.05) is 26.0 Å². The van der Waals surface area contributed by atoms with E-state index in [4.69, 9.17) is 14.0 Å². The second-order valence-electron chi connectivity index (χ2n) is 7.48. The predicted octanol–water partition coefficient (Wildman–Crippen LogP) is 2.62. The highest BCUT2D eigenvalue weighted by atomic mass is 16.5. The molecule has 2 aromatic rings. The lowest BCUT2D eigenvalue weighted by molar-refractivity contribution is 0.0511. The third-order valence-electron chi connectivity index (χ3n) is 5.40. The van der Waals surface area contributed by atoms with E-state index in [9.17, 15) is 4.79 Å². The second-order valence-corrected chi connectivity index (χ2v) is 7.48. The minimum atomic E-state index is -0.100. The van der Waals surface area contributed by atoms with E-state index >= 15 is 0 Å². The quantitative estimate of drug-likeness (QED) is 0.724. The largest absolute Gasteiger partial charge is 0.489 e. The number of benzene rings is 1. The number of aromatic nitrogens is 1. The highest BCUT2D eigenvalue weighted by Gasteiger charge is 2.32. The van der Waals surface area contributed by atoms with Crippen molar-refractivity contribution in [2.24, 2.45) is 5.41 Å². The maximum absolute atomic E-state index is 12.7. The molecule has 1 saturated heterocycles. The van der Waals surface area contributed by atoms with Crippen LogP contribution in [-0.4, -0.2) is 44.4 Å². The average molecular weight is 387 g/mol. The third-order valence-corrected chi connectivity index (χ3v) is 5.40. The summed E-state index contributed by atoms with van der Waals surface area (Å²) in [4.78, 5) is 12.7. The van der Waals surface area contributed by atoms with Gasteiger partial charge in [-0.25, -0.2) is 0 Å². The van der Waals surface area contributed by atoms with Crippen molar-refractivity contribution in [2.45, 2.75) is 33.3 Å². The van der Waals surface area contributed by atoms with Crippen molar-refractivity contribution in [3.8, 4) is 5.75 Å². The average Bonchev–Trinajstić information content (AvgIpc) is 3.03. The molecule has 0 saturated carbocycles. The molecule has 0 spiro atoms. The summed E-state index contributed by atoms with van der Waals surface area (Å²) in [6.45, 7) is 7.25. The molecule has 1 aliphatic heterocycles. The molecule has 1 amide bonds. The topological polar surface area (TPSA) is 85.6 Å². The SMILES string of the molecule is COCC1(CNC(=O)c2cccc(OCc3c(C)noc3C)c2)CCNCC1. The molecule has 2 heterocycles. The van der Waals surface area contributed by atoms with Gasteiger partial charge < -0.3 is 24.6 Å². The van der Waals surface area contributed by atoms with Crippen LogP contribution < -0.4 is 15.4 Å². The summed E-state index contributed by atoms with van der Waals surface area (Å²) in [7, 11) is 1.71. The number of nitrogens with one attached hydrogen (secondary N) is 2. The smallest absolute Gasteiger partial charge is 0.251 e. The van der Waals surface area contributed by atoms with E-state index in [0.717, 1.165) is 42.9 Å². The molecule has 0 atom stereocenters. The van der Waals surface area contributed by atoms with Gasteiger partial charge in [0.05, 0.1) is 17.9 Å². The number of aryl methyl sites for hydroxylation is 2. The number of hydrogen-bond donors (Lipinski definition) is 2. The van der Waals surface area contributed by atoms with E-state index in [-0.39, 0.29) is 11.3 Å². The highest BCUT2D eigenvalue weighted by Crippen LogP contribution is 2.28. The molecule has 1 fully saturated rings. The van der Waals surface area contributed by atoms with Crippen LogP contribution >= 0.6 is 0 Å².